The first-order valence-electron chi connectivity index (χ1n) is 9.76. The summed E-state index contributed by atoms with van der Waals surface area (Å²) in [5.41, 5.74) is 3.72. The summed E-state index contributed by atoms with van der Waals surface area (Å²) in [6, 6.07) is 11.6. The second-order valence-corrected chi connectivity index (χ2v) is 8.84. The van der Waals surface area contributed by atoms with Crippen LogP contribution in [0.1, 0.15) is 21.5 Å². The highest BCUT2D eigenvalue weighted by molar-refractivity contribution is 7.22. The van der Waals surface area contributed by atoms with Crippen LogP contribution in [0.15, 0.2) is 36.4 Å². The molecule has 7 heteroatoms. The van der Waals surface area contributed by atoms with E-state index in [9.17, 15) is 4.79 Å². The molecule has 5 nitrogen and oxygen atoms in total. The smallest absolute Gasteiger partial charge is 0.260 e. The molecule has 4 rings (SSSR count). The number of amides is 1. The number of carbonyl (C=O) groups is 1. The SMILES string of the molecule is Cc1cc(C)cc(C(=O)N(CCN2CCOCC2)c2nc3ccc(Cl)cc3s2)c1. The lowest BCUT2D eigenvalue weighted by Crippen LogP contribution is -2.43. The van der Waals surface area contributed by atoms with Crippen LogP contribution in [0.5, 0.6) is 0 Å². The lowest BCUT2D eigenvalue weighted by atomic mass is 10.1. The van der Waals surface area contributed by atoms with E-state index in [1.165, 1.54) is 11.3 Å². The molecule has 0 bridgehead atoms. The number of halogens is 1. The Morgan fingerprint density at radius 3 is 2.62 bits per heavy atom. The van der Waals surface area contributed by atoms with Gasteiger partial charge in [-0.1, -0.05) is 40.1 Å². The summed E-state index contributed by atoms with van der Waals surface area (Å²) in [7, 11) is 0. The number of hydrogen-bond acceptors (Lipinski definition) is 5. The number of aromatic nitrogens is 1. The van der Waals surface area contributed by atoms with E-state index in [-0.39, 0.29) is 5.91 Å². The van der Waals surface area contributed by atoms with Gasteiger partial charge in [-0.25, -0.2) is 4.98 Å². The fourth-order valence-electron chi connectivity index (χ4n) is 3.61. The van der Waals surface area contributed by atoms with E-state index in [4.69, 9.17) is 21.3 Å². The Hall–Kier alpha value is -1.99. The number of ether oxygens (including phenoxy) is 1. The van der Waals surface area contributed by atoms with Gasteiger partial charge in [0.25, 0.3) is 5.91 Å². The molecule has 152 valence electrons. The number of rotatable bonds is 5. The van der Waals surface area contributed by atoms with E-state index >= 15 is 0 Å². The molecule has 0 radical (unpaired) electrons. The van der Waals surface area contributed by atoms with E-state index in [2.05, 4.69) is 11.0 Å². The number of hydrogen-bond donors (Lipinski definition) is 0. The maximum absolute atomic E-state index is 13.5. The number of fused-ring (bicyclic) bond motifs is 1. The van der Waals surface area contributed by atoms with E-state index in [1.807, 2.05) is 49.1 Å². The molecule has 1 fully saturated rings. The molecule has 0 unspecified atom stereocenters. The Labute approximate surface area is 179 Å². The maximum Gasteiger partial charge on any atom is 0.260 e. The Bertz CT molecular complexity index is 1010. The summed E-state index contributed by atoms with van der Waals surface area (Å²) in [4.78, 5) is 22.4. The van der Waals surface area contributed by atoms with Gasteiger partial charge in [0.05, 0.1) is 23.4 Å². The van der Waals surface area contributed by atoms with Crippen LogP contribution in [0, 0.1) is 13.8 Å². The summed E-state index contributed by atoms with van der Waals surface area (Å²) in [5.74, 6) is -0.0183. The Kier molecular flexibility index (Phi) is 6.15. The summed E-state index contributed by atoms with van der Waals surface area (Å²) in [5, 5.41) is 1.38. The summed E-state index contributed by atoms with van der Waals surface area (Å²) in [6.07, 6.45) is 0. The molecule has 1 aliphatic rings. The first-order chi connectivity index (χ1) is 14.0. The van der Waals surface area contributed by atoms with E-state index < -0.39 is 0 Å². The van der Waals surface area contributed by atoms with Gasteiger partial charge in [-0.05, 0) is 44.2 Å². The number of benzene rings is 2. The lowest BCUT2D eigenvalue weighted by Gasteiger charge is -2.29. The predicted octanol–water partition coefficient (Wildman–Crippen LogP) is 4.55. The second-order valence-electron chi connectivity index (χ2n) is 7.40. The van der Waals surface area contributed by atoms with Crippen molar-refractivity contribution in [3.05, 3.63) is 58.1 Å². The minimum Gasteiger partial charge on any atom is -0.379 e. The number of nitrogens with zero attached hydrogens (tertiary/aromatic N) is 3. The Morgan fingerprint density at radius 2 is 1.90 bits per heavy atom. The van der Waals surface area contributed by atoms with Gasteiger partial charge >= 0.3 is 0 Å². The molecule has 0 atom stereocenters. The highest BCUT2D eigenvalue weighted by Gasteiger charge is 2.23. The minimum absolute atomic E-state index is 0.0183. The Morgan fingerprint density at radius 1 is 1.17 bits per heavy atom. The lowest BCUT2D eigenvalue weighted by molar-refractivity contribution is 0.0391. The molecule has 2 heterocycles. The minimum atomic E-state index is -0.0183. The van der Waals surface area contributed by atoms with Gasteiger partial charge in [-0.15, -0.1) is 0 Å². The number of thiazole rings is 1. The molecule has 2 aromatic carbocycles. The predicted molar refractivity (Wildman–Crippen MR) is 119 cm³/mol. The zero-order valence-electron chi connectivity index (χ0n) is 16.7. The van der Waals surface area contributed by atoms with Crippen LogP contribution >= 0.6 is 22.9 Å². The quantitative estimate of drug-likeness (QED) is 0.597. The van der Waals surface area contributed by atoms with Gasteiger partial charge in [0.2, 0.25) is 0 Å². The normalized spacial score (nSPS) is 15.0. The third-order valence-corrected chi connectivity index (χ3v) is 6.30. The van der Waals surface area contributed by atoms with Crippen LogP contribution in [0.2, 0.25) is 5.02 Å². The van der Waals surface area contributed by atoms with Crippen molar-refractivity contribution in [3.8, 4) is 0 Å². The zero-order chi connectivity index (χ0) is 20.4. The average molecular weight is 430 g/mol. The van der Waals surface area contributed by atoms with Crippen LogP contribution in [0.3, 0.4) is 0 Å². The molecule has 3 aromatic rings. The van der Waals surface area contributed by atoms with Crippen LogP contribution < -0.4 is 4.90 Å². The highest BCUT2D eigenvalue weighted by atomic mass is 35.5. The van der Waals surface area contributed by atoms with Crippen molar-refractivity contribution in [3.63, 3.8) is 0 Å². The fourth-order valence-corrected chi connectivity index (χ4v) is 4.87. The first kappa shape index (κ1) is 20.3. The van der Waals surface area contributed by atoms with Gasteiger partial charge in [0.1, 0.15) is 0 Å². The van der Waals surface area contributed by atoms with Gasteiger partial charge < -0.3 is 4.74 Å². The van der Waals surface area contributed by atoms with Crippen LogP contribution in [0.4, 0.5) is 5.13 Å². The molecular weight excluding hydrogens is 406 g/mol. The van der Waals surface area contributed by atoms with Crippen molar-refractivity contribution in [1.82, 2.24) is 9.88 Å². The van der Waals surface area contributed by atoms with Crippen LogP contribution in [-0.4, -0.2) is 55.2 Å². The van der Waals surface area contributed by atoms with Crippen LogP contribution in [0.25, 0.3) is 10.2 Å². The molecule has 0 aliphatic carbocycles. The first-order valence-corrected chi connectivity index (χ1v) is 11.0. The largest absolute Gasteiger partial charge is 0.379 e. The maximum atomic E-state index is 13.5. The molecule has 1 aliphatic heterocycles. The Balaban J connectivity index is 1.66. The van der Waals surface area contributed by atoms with E-state index in [1.54, 1.807) is 0 Å². The topological polar surface area (TPSA) is 45.7 Å². The molecule has 1 aromatic heterocycles. The molecule has 1 amide bonds. The van der Waals surface area contributed by atoms with Crippen molar-refractivity contribution < 1.29 is 9.53 Å². The van der Waals surface area contributed by atoms with Gasteiger partial charge in [-0.3, -0.25) is 14.6 Å². The van der Waals surface area contributed by atoms with E-state index in [0.717, 1.165) is 54.2 Å². The standard InChI is InChI=1S/C22H24ClN3O2S/c1-15-11-16(2)13-17(12-15)21(27)26(6-5-25-7-9-28-10-8-25)22-24-19-4-3-18(23)14-20(19)29-22/h3-4,11-14H,5-10H2,1-2H3. The molecule has 0 N–H and O–H groups in total. The molecule has 0 saturated carbocycles. The molecular formula is C22H24ClN3O2S. The van der Waals surface area contributed by atoms with Crippen molar-refractivity contribution in [2.75, 3.05) is 44.3 Å². The van der Waals surface area contributed by atoms with Crippen molar-refractivity contribution in [2.45, 2.75) is 13.8 Å². The third kappa shape index (κ3) is 4.78. The third-order valence-electron chi connectivity index (χ3n) is 5.03. The van der Waals surface area contributed by atoms with Crippen molar-refractivity contribution in [1.29, 1.82) is 0 Å². The average Bonchev–Trinajstić information content (AvgIpc) is 3.10. The number of aryl methyl sites for hydroxylation is 2. The monoisotopic (exact) mass is 429 g/mol. The summed E-state index contributed by atoms with van der Waals surface area (Å²) >= 11 is 7.65. The fraction of sp³-hybridized carbons (Fsp3) is 0.364. The number of morpholine rings is 1. The molecule has 0 spiro atoms. The second kappa shape index (κ2) is 8.79. The summed E-state index contributed by atoms with van der Waals surface area (Å²) in [6.45, 7) is 8.66. The molecule has 29 heavy (non-hydrogen) atoms. The number of carbonyl (C=O) groups excluding carboxylic acids is 1. The number of anilines is 1. The van der Waals surface area contributed by atoms with Gasteiger partial charge in [0.15, 0.2) is 5.13 Å². The van der Waals surface area contributed by atoms with Crippen molar-refractivity contribution >= 4 is 44.2 Å². The highest BCUT2D eigenvalue weighted by Crippen LogP contribution is 2.31. The van der Waals surface area contributed by atoms with Gasteiger partial charge in [-0.2, -0.15) is 0 Å². The van der Waals surface area contributed by atoms with Crippen molar-refractivity contribution in [2.24, 2.45) is 0 Å². The van der Waals surface area contributed by atoms with Gasteiger partial charge in [0, 0.05) is 36.8 Å². The summed E-state index contributed by atoms with van der Waals surface area (Å²) < 4.78 is 6.42. The van der Waals surface area contributed by atoms with E-state index in [0.29, 0.717) is 22.3 Å². The van der Waals surface area contributed by atoms with Crippen LogP contribution in [-0.2, 0) is 4.74 Å². The zero-order valence-corrected chi connectivity index (χ0v) is 18.2. The molecule has 1 saturated heterocycles.